The summed E-state index contributed by atoms with van der Waals surface area (Å²) in [5.74, 6) is 0.713. The van der Waals surface area contributed by atoms with Crippen LogP contribution in [0.15, 0.2) is 12.5 Å². The van der Waals surface area contributed by atoms with Gasteiger partial charge in [0.2, 0.25) is 0 Å². The predicted octanol–water partition coefficient (Wildman–Crippen LogP) is 3.88. The molecule has 19 heavy (non-hydrogen) atoms. The maximum absolute atomic E-state index is 4.45. The minimum atomic E-state index is 0.664. The van der Waals surface area contributed by atoms with E-state index in [-0.39, 0.29) is 0 Å². The van der Waals surface area contributed by atoms with E-state index in [9.17, 15) is 0 Å². The number of hydrogen-bond acceptors (Lipinski definition) is 2. The molecule has 1 fully saturated rings. The van der Waals surface area contributed by atoms with E-state index in [0.29, 0.717) is 12.0 Å². The Hall–Kier alpha value is -0.830. The lowest BCUT2D eigenvalue weighted by Gasteiger charge is -2.27. The van der Waals surface area contributed by atoms with Crippen molar-refractivity contribution in [3.05, 3.63) is 18.2 Å². The third-order valence-corrected chi connectivity index (χ3v) is 4.36. The molecule has 0 radical (unpaired) electrons. The van der Waals surface area contributed by atoms with Crippen molar-refractivity contribution < 1.29 is 0 Å². The van der Waals surface area contributed by atoms with Crippen molar-refractivity contribution in [1.82, 2.24) is 14.9 Å². The highest BCUT2D eigenvalue weighted by Crippen LogP contribution is 2.30. The molecular formula is C16H29N3. The van der Waals surface area contributed by atoms with Gasteiger partial charge < -0.3 is 9.88 Å². The predicted molar refractivity (Wildman–Crippen MR) is 80.5 cm³/mol. The normalized spacial score (nSPS) is 18.6. The second-order valence-electron chi connectivity index (χ2n) is 5.83. The number of imidazole rings is 1. The van der Waals surface area contributed by atoms with Crippen LogP contribution in [0.25, 0.3) is 0 Å². The molecule has 2 rings (SSSR count). The van der Waals surface area contributed by atoms with E-state index in [0.717, 1.165) is 13.1 Å². The number of hydrogen-bond donors (Lipinski definition) is 1. The first-order valence-corrected chi connectivity index (χ1v) is 8.09. The highest BCUT2D eigenvalue weighted by Gasteiger charge is 2.21. The fourth-order valence-electron chi connectivity index (χ4n) is 3.25. The standard InChI is InChI=1S/C16H29N3/c1-3-5-7-15(6-4-2)19-13-18-12-16(19)14-8-10-17-11-9-14/h12-15,17H,3-11H2,1-2H3. The van der Waals surface area contributed by atoms with E-state index < -0.39 is 0 Å². The Balaban J connectivity index is 2.10. The summed E-state index contributed by atoms with van der Waals surface area (Å²) in [6.45, 7) is 6.89. The lowest BCUT2D eigenvalue weighted by molar-refractivity contribution is 0.377. The lowest BCUT2D eigenvalue weighted by atomic mass is 9.94. The van der Waals surface area contributed by atoms with Gasteiger partial charge in [0.25, 0.3) is 0 Å². The van der Waals surface area contributed by atoms with Crippen LogP contribution in [0.3, 0.4) is 0 Å². The Morgan fingerprint density at radius 1 is 1.26 bits per heavy atom. The highest BCUT2D eigenvalue weighted by molar-refractivity contribution is 5.09. The van der Waals surface area contributed by atoms with Gasteiger partial charge in [0.05, 0.1) is 6.33 Å². The van der Waals surface area contributed by atoms with Crippen molar-refractivity contribution >= 4 is 0 Å². The van der Waals surface area contributed by atoms with Crippen molar-refractivity contribution in [3.63, 3.8) is 0 Å². The molecule has 1 N–H and O–H groups in total. The molecule has 0 aliphatic carbocycles. The summed E-state index contributed by atoms with van der Waals surface area (Å²) in [5, 5.41) is 3.46. The molecule has 1 aliphatic heterocycles. The average molecular weight is 263 g/mol. The van der Waals surface area contributed by atoms with Crippen molar-refractivity contribution in [2.45, 2.75) is 70.8 Å². The van der Waals surface area contributed by atoms with Crippen molar-refractivity contribution in [2.24, 2.45) is 0 Å². The van der Waals surface area contributed by atoms with E-state index in [4.69, 9.17) is 0 Å². The van der Waals surface area contributed by atoms with Crippen LogP contribution in [0.4, 0.5) is 0 Å². The second-order valence-corrected chi connectivity index (χ2v) is 5.83. The Morgan fingerprint density at radius 3 is 2.74 bits per heavy atom. The minimum Gasteiger partial charge on any atom is -0.331 e. The minimum absolute atomic E-state index is 0.664. The van der Waals surface area contributed by atoms with Crippen LogP contribution in [0.2, 0.25) is 0 Å². The molecule has 1 aromatic rings. The van der Waals surface area contributed by atoms with Gasteiger partial charge in [-0.2, -0.15) is 0 Å². The number of unbranched alkanes of at least 4 members (excludes halogenated alkanes) is 1. The van der Waals surface area contributed by atoms with Gasteiger partial charge >= 0.3 is 0 Å². The zero-order chi connectivity index (χ0) is 13.5. The third-order valence-electron chi connectivity index (χ3n) is 4.36. The second kappa shape index (κ2) is 7.68. The van der Waals surface area contributed by atoms with Gasteiger partial charge in [0, 0.05) is 23.9 Å². The maximum Gasteiger partial charge on any atom is 0.0950 e. The van der Waals surface area contributed by atoms with Crippen LogP contribution in [-0.2, 0) is 0 Å². The summed E-state index contributed by atoms with van der Waals surface area (Å²) in [5.41, 5.74) is 1.48. The van der Waals surface area contributed by atoms with Gasteiger partial charge in [-0.05, 0) is 38.8 Å². The molecule has 1 saturated heterocycles. The molecule has 0 spiro atoms. The Morgan fingerprint density at radius 2 is 2.05 bits per heavy atom. The molecular weight excluding hydrogens is 234 g/mol. The number of nitrogens with zero attached hydrogens (tertiary/aromatic N) is 2. The quantitative estimate of drug-likeness (QED) is 0.809. The SMILES string of the molecule is CCCCC(CCC)n1cncc1C1CCNCC1. The largest absolute Gasteiger partial charge is 0.331 e. The molecule has 0 aromatic carbocycles. The molecule has 1 atom stereocenters. The van der Waals surface area contributed by atoms with Crippen molar-refractivity contribution in [3.8, 4) is 0 Å². The molecule has 2 heterocycles. The Kier molecular flexibility index (Phi) is 5.90. The fraction of sp³-hybridized carbons (Fsp3) is 0.812. The molecule has 108 valence electrons. The fourth-order valence-corrected chi connectivity index (χ4v) is 3.25. The topological polar surface area (TPSA) is 29.9 Å². The number of rotatable bonds is 7. The number of aromatic nitrogens is 2. The van der Waals surface area contributed by atoms with E-state index in [1.165, 1.54) is 50.6 Å². The first-order valence-electron chi connectivity index (χ1n) is 8.09. The Labute approximate surface area is 117 Å². The first-order chi connectivity index (χ1) is 9.36. The van der Waals surface area contributed by atoms with Crippen LogP contribution >= 0.6 is 0 Å². The zero-order valence-electron chi connectivity index (χ0n) is 12.6. The lowest BCUT2D eigenvalue weighted by Crippen LogP contribution is -2.28. The monoisotopic (exact) mass is 263 g/mol. The Bertz CT molecular complexity index is 353. The third kappa shape index (κ3) is 3.82. The molecule has 0 bridgehead atoms. The molecule has 1 unspecified atom stereocenters. The van der Waals surface area contributed by atoms with Crippen molar-refractivity contribution in [1.29, 1.82) is 0 Å². The zero-order valence-corrected chi connectivity index (χ0v) is 12.6. The van der Waals surface area contributed by atoms with Crippen LogP contribution in [-0.4, -0.2) is 22.6 Å². The molecule has 0 saturated carbocycles. The van der Waals surface area contributed by atoms with Gasteiger partial charge in [-0.3, -0.25) is 0 Å². The highest BCUT2D eigenvalue weighted by atomic mass is 15.1. The molecule has 1 aliphatic rings. The molecule has 1 aromatic heterocycles. The molecule has 0 amide bonds. The summed E-state index contributed by atoms with van der Waals surface area (Å²) < 4.78 is 2.50. The number of nitrogens with one attached hydrogen (secondary N) is 1. The average Bonchev–Trinajstić information content (AvgIpc) is 2.93. The van der Waals surface area contributed by atoms with Crippen LogP contribution < -0.4 is 5.32 Å². The summed E-state index contributed by atoms with van der Waals surface area (Å²) in [7, 11) is 0. The van der Waals surface area contributed by atoms with Crippen LogP contribution in [0.5, 0.6) is 0 Å². The number of piperidine rings is 1. The van der Waals surface area contributed by atoms with Crippen LogP contribution in [0, 0.1) is 0 Å². The van der Waals surface area contributed by atoms with Crippen molar-refractivity contribution in [2.75, 3.05) is 13.1 Å². The van der Waals surface area contributed by atoms with E-state index in [1.54, 1.807) is 0 Å². The van der Waals surface area contributed by atoms with Gasteiger partial charge in [-0.15, -0.1) is 0 Å². The summed E-state index contributed by atoms with van der Waals surface area (Å²) in [4.78, 5) is 4.45. The van der Waals surface area contributed by atoms with Gasteiger partial charge in [-0.25, -0.2) is 4.98 Å². The van der Waals surface area contributed by atoms with Gasteiger partial charge in [0.1, 0.15) is 0 Å². The summed E-state index contributed by atoms with van der Waals surface area (Å²) >= 11 is 0. The molecule has 3 nitrogen and oxygen atoms in total. The van der Waals surface area contributed by atoms with Gasteiger partial charge in [-0.1, -0.05) is 33.1 Å². The van der Waals surface area contributed by atoms with E-state index in [2.05, 4.69) is 41.2 Å². The smallest absolute Gasteiger partial charge is 0.0950 e. The summed E-state index contributed by atoms with van der Waals surface area (Å²) in [6.07, 6.45) is 13.2. The first kappa shape index (κ1) is 14.6. The summed E-state index contributed by atoms with van der Waals surface area (Å²) in [6, 6.07) is 0.664. The van der Waals surface area contributed by atoms with E-state index >= 15 is 0 Å². The molecule has 3 heteroatoms. The van der Waals surface area contributed by atoms with Crippen LogP contribution in [0.1, 0.15) is 76.4 Å². The maximum atomic E-state index is 4.45. The van der Waals surface area contributed by atoms with E-state index in [1.807, 2.05) is 0 Å². The van der Waals surface area contributed by atoms with Gasteiger partial charge in [0.15, 0.2) is 0 Å².